The second-order valence-electron chi connectivity index (χ2n) is 4.47. The average Bonchev–Trinajstić information content (AvgIpc) is 3.14. The van der Waals surface area contributed by atoms with E-state index in [1.54, 1.807) is 0 Å². The number of hydrogen-bond donors (Lipinski definition) is 0. The Balaban J connectivity index is 1.88. The molecule has 1 heterocycles. The van der Waals surface area contributed by atoms with Crippen molar-refractivity contribution in [3.8, 4) is 0 Å². The first-order valence-electron chi connectivity index (χ1n) is 6.30. The molecule has 0 atom stereocenters. The summed E-state index contributed by atoms with van der Waals surface area (Å²) in [6.07, 6.45) is 2.72. The van der Waals surface area contributed by atoms with Crippen LogP contribution in [0.5, 0.6) is 0 Å². The van der Waals surface area contributed by atoms with Crippen LogP contribution in [-0.4, -0.2) is 51.3 Å². The van der Waals surface area contributed by atoms with Crippen molar-refractivity contribution in [3.05, 3.63) is 5.82 Å². The molecule has 0 saturated heterocycles. The van der Waals surface area contributed by atoms with Crippen molar-refractivity contribution >= 4 is 5.97 Å². The summed E-state index contributed by atoms with van der Waals surface area (Å²) in [5.74, 6) is 0.694. The second kappa shape index (κ2) is 5.90. The zero-order chi connectivity index (χ0) is 13.0. The molecular formula is C11H19N5O2. The number of nitrogens with zero attached hydrogens (tertiary/aromatic N) is 5. The Kier molecular flexibility index (Phi) is 4.24. The van der Waals surface area contributed by atoms with Crippen molar-refractivity contribution < 1.29 is 9.53 Å². The highest BCUT2D eigenvalue weighted by atomic mass is 16.5. The molecule has 1 fully saturated rings. The number of esters is 1. The Bertz CT molecular complexity index is 402. The number of carbonyl (C=O) groups excluding carboxylic acids is 1. The highest BCUT2D eigenvalue weighted by Crippen LogP contribution is 2.34. The molecule has 0 aliphatic heterocycles. The third-order valence-corrected chi connectivity index (χ3v) is 3.13. The van der Waals surface area contributed by atoms with Crippen LogP contribution in [0.25, 0.3) is 0 Å². The Morgan fingerprint density at radius 3 is 2.94 bits per heavy atom. The molecule has 0 radical (unpaired) electrons. The molecule has 100 valence electrons. The predicted octanol–water partition coefficient (Wildman–Crippen LogP) is 0.393. The van der Waals surface area contributed by atoms with Crippen molar-refractivity contribution in [2.75, 3.05) is 20.2 Å². The van der Waals surface area contributed by atoms with Crippen LogP contribution in [0.2, 0.25) is 0 Å². The Hall–Kier alpha value is -1.50. The number of methoxy groups -OCH3 is 1. The lowest BCUT2D eigenvalue weighted by molar-refractivity contribution is -0.141. The van der Waals surface area contributed by atoms with E-state index < -0.39 is 0 Å². The summed E-state index contributed by atoms with van der Waals surface area (Å²) >= 11 is 0. The van der Waals surface area contributed by atoms with Gasteiger partial charge in [-0.2, -0.15) is 0 Å². The zero-order valence-corrected chi connectivity index (χ0v) is 10.9. The van der Waals surface area contributed by atoms with Crippen LogP contribution in [0.1, 0.15) is 38.1 Å². The first kappa shape index (κ1) is 12.9. The van der Waals surface area contributed by atoms with Gasteiger partial charge in [-0.05, 0) is 29.8 Å². The molecular weight excluding hydrogens is 234 g/mol. The van der Waals surface area contributed by atoms with E-state index >= 15 is 0 Å². The van der Waals surface area contributed by atoms with Crippen LogP contribution in [-0.2, 0) is 16.1 Å². The van der Waals surface area contributed by atoms with E-state index in [1.807, 2.05) is 4.68 Å². The molecule has 0 amide bonds. The Morgan fingerprint density at radius 2 is 2.33 bits per heavy atom. The van der Waals surface area contributed by atoms with Crippen molar-refractivity contribution in [1.82, 2.24) is 25.1 Å². The predicted molar refractivity (Wildman–Crippen MR) is 63.7 cm³/mol. The lowest BCUT2D eigenvalue weighted by Gasteiger charge is -2.18. The van der Waals surface area contributed by atoms with Gasteiger partial charge in [0.15, 0.2) is 5.82 Å². The van der Waals surface area contributed by atoms with Crippen LogP contribution >= 0.6 is 0 Å². The van der Waals surface area contributed by atoms with Crippen LogP contribution in [0.15, 0.2) is 0 Å². The van der Waals surface area contributed by atoms with Crippen LogP contribution < -0.4 is 0 Å². The van der Waals surface area contributed by atoms with Crippen molar-refractivity contribution in [3.63, 3.8) is 0 Å². The molecule has 0 unspecified atom stereocenters. The molecule has 2 rings (SSSR count). The summed E-state index contributed by atoms with van der Waals surface area (Å²) in [5, 5.41) is 11.8. The lowest BCUT2D eigenvalue weighted by Crippen LogP contribution is -2.27. The molecule has 0 bridgehead atoms. The number of ether oxygens (including phenoxy) is 1. The highest BCUT2D eigenvalue weighted by molar-refractivity contribution is 5.69. The highest BCUT2D eigenvalue weighted by Gasteiger charge is 2.28. The maximum absolute atomic E-state index is 11.1. The third-order valence-electron chi connectivity index (χ3n) is 3.13. The number of rotatable bonds is 7. The molecule has 0 spiro atoms. The van der Waals surface area contributed by atoms with Crippen molar-refractivity contribution in [2.45, 2.75) is 38.8 Å². The molecule has 1 aliphatic carbocycles. The van der Waals surface area contributed by atoms with Gasteiger partial charge in [-0.25, -0.2) is 4.68 Å². The molecule has 7 heteroatoms. The lowest BCUT2D eigenvalue weighted by atomic mass is 10.3. The summed E-state index contributed by atoms with van der Waals surface area (Å²) in [4.78, 5) is 13.3. The quantitative estimate of drug-likeness (QED) is 0.655. The Labute approximate surface area is 106 Å². The van der Waals surface area contributed by atoms with Gasteiger partial charge in [0.25, 0.3) is 0 Å². The van der Waals surface area contributed by atoms with Gasteiger partial charge in [0.05, 0.1) is 26.1 Å². The fraction of sp³-hybridized carbons (Fsp3) is 0.818. The van der Waals surface area contributed by atoms with Crippen LogP contribution in [0, 0.1) is 0 Å². The molecule has 0 N–H and O–H groups in total. The third kappa shape index (κ3) is 3.25. The minimum Gasteiger partial charge on any atom is -0.469 e. The smallest absolute Gasteiger partial charge is 0.306 e. The largest absolute Gasteiger partial charge is 0.469 e. The number of carbonyl (C=O) groups is 1. The van der Waals surface area contributed by atoms with E-state index in [-0.39, 0.29) is 5.97 Å². The summed E-state index contributed by atoms with van der Waals surface area (Å²) in [5.41, 5.74) is 0. The standard InChI is InChI=1S/C11H19N5O2/c1-3-15(7-6-11(17)18-2)8-10-12-13-14-16(10)9-4-5-9/h9H,3-8H2,1-2H3. The van der Waals surface area contributed by atoms with Crippen LogP contribution in [0.3, 0.4) is 0 Å². The fourth-order valence-corrected chi connectivity index (χ4v) is 1.82. The topological polar surface area (TPSA) is 73.1 Å². The van der Waals surface area contributed by atoms with Crippen molar-refractivity contribution in [2.24, 2.45) is 0 Å². The summed E-state index contributed by atoms with van der Waals surface area (Å²) in [7, 11) is 1.41. The van der Waals surface area contributed by atoms with E-state index in [9.17, 15) is 4.79 Å². The minimum atomic E-state index is -0.185. The molecule has 0 aromatic carbocycles. The maximum Gasteiger partial charge on any atom is 0.306 e. The number of aromatic nitrogens is 4. The van der Waals surface area contributed by atoms with E-state index in [0.717, 1.165) is 25.2 Å². The first-order chi connectivity index (χ1) is 8.74. The van der Waals surface area contributed by atoms with E-state index in [4.69, 9.17) is 0 Å². The van der Waals surface area contributed by atoms with Gasteiger partial charge in [-0.15, -0.1) is 5.10 Å². The SMILES string of the molecule is CCN(CCC(=O)OC)Cc1nnnn1C1CC1. The van der Waals surface area contributed by atoms with Gasteiger partial charge in [0.1, 0.15) is 0 Å². The molecule has 7 nitrogen and oxygen atoms in total. The normalized spacial score (nSPS) is 15.1. The number of tetrazole rings is 1. The minimum absolute atomic E-state index is 0.185. The van der Waals surface area contributed by atoms with Crippen LogP contribution in [0.4, 0.5) is 0 Å². The molecule has 1 aromatic heterocycles. The van der Waals surface area contributed by atoms with E-state index in [2.05, 4.69) is 32.1 Å². The van der Waals surface area contributed by atoms with Gasteiger partial charge in [-0.1, -0.05) is 6.92 Å². The fourth-order valence-electron chi connectivity index (χ4n) is 1.82. The van der Waals surface area contributed by atoms with E-state index in [0.29, 0.717) is 25.6 Å². The monoisotopic (exact) mass is 253 g/mol. The van der Waals surface area contributed by atoms with Gasteiger partial charge in [0, 0.05) is 6.54 Å². The summed E-state index contributed by atoms with van der Waals surface area (Å²) in [6.45, 7) is 4.26. The molecule has 18 heavy (non-hydrogen) atoms. The van der Waals surface area contributed by atoms with Crippen molar-refractivity contribution in [1.29, 1.82) is 0 Å². The summed E-state index contributed by atoms with van der Waals surface area (Å²) < 4.78 is 6.54. The van der Waals surface area contributed by atoms with Gasteiger partial charge >= 0.3 is 5.97 Å². The second-order valence-corrected chi connectivity index (χ2v) is 4.47. The average molecular weight is 253 g/mol. The molecule has 1 aliphatic rings. The van der Waals surface area contributed by atoms with Gasteiger partial charge < -0.3 is 4.74 Å². The molecule has 1 aromatic rings. The van der Waals surface area contributed by atoms with Gasteiger partial charge in [-0.3, -0.25) is 9.69 Å². The maximum atomic E-state index is 11.1. The van der Waals surface area contributed by atoms with Gasteiger partial charge in [0.2, 0.25) is 0 Å². The summed E-state index contributed by atoms with van der Waals surface area (Å²) in [6, 6.07) is 0.481. The first-order valence-corrected chi connectivity index (χ1v) is 6.30. The zero-order valence-electron chi connectivity index (χ0n) is 10.9. The van der Waals surface area contributed by atoms with E-state index in [1.165, 1.54) is 7.11 Å². The number of hydrogen-bond acceptors (Lipinski definition) is 6. The Morgan fingerprint density at radius 1 is 1.56 bits per heavy atom. The molecule has 1 saturated carbocycles.